The Labute approximate surface area is 56.8 Å². The molecule has 1 heterocycles. The lowest BCUT2D eigenvalue weighted by atomic mass is 10.2. The highest BCUT2D eigenvalue weighted by atomic mass is 19.2. The first-order valence-corrected chi connectivity index (χ1v) is 2.96. The van der Waals surface area contributed by atoms with Gasteiger partial charge in [0.1, 0.15) is 0 Å². The van der Waals surface area contributed by atoms with E-state index in [9.17, 15) is 9.28 Å². The fraction of sp³-hybridized carbons (Fsp3) is 0.800. The largest absolute Gasteiger partial charge is 0.478 e. The molecular weight excluding hydrogens is 141 g/mol. The molecular formula is C5H8FNO3. The molecule has 1 aliphatic rings. The van der Waals surface area contributed by atoms with Crippen molar-refractivity contribution in [1.82, 2.24) is 5.12 Å². The van der Waals surface area contributed by atoms with Crippen LogP contribution in [0, 0.1) is 0 Å². The van der Waals surface area contributed by atoms with Gasteiger partial charge in [0.05, 0.1) is 0 Å². The van der Waals surface area contributed by atoms with Gasteiger partial charge in [-0.2, -0.15) is 0 Å². The van der Waals surface area contributed by atoms with E-state index in [1.165, 1.54) is 0 Å². The summed E-state index contributed by atoms with van der Waals surface area (Å²) >= 11 is 0. The van der Waals surface area contributed by atoms with Crippen molar-refractivity contribution in [2.24, 2.45) is 0 Å². The second-order valence-electron chi connectivity index (χ2n) is 2.31. The SMILES string of the molecule is O=C(O)C1(O)CCCN1F. The molecule has 1 unspecified atom stereocenters. The Balaban J connectivity index is 2.75. The third kappa shape index (κ3) is 0.871. The van der Waals surface area contributed by atoms with Gasteiger partial charge in [-0.3, -0.25) is 0 Å². The van der Waals surface area contributed by atoms with Gasteiger partial charge in [0.15, 0.2) is 0 Å². The monoisotopic (exact) mass is 149 g/mol. The standard InChI is InChI=1S/C5H8FNO3/c6-7-3-1-2-5(7,10)4(8)9/h10H,1-3H2,(H,8,9). The van der Waals surface area contributed by atoms with Crippen molar-refractivity contribution in [3.63, 3.8) is 0 Å². The smallest absolute Gasteiger partial charge is 0.353 e. The average molecular weight is 149 g/mol. The van der Waals surface area contributed by atoms with Gasteiger partial charge in [0, 0.05) is 13.0 Å². The van der Waals surface area contributed by atoms with Crippen LogP contribution in [0.4, 0.5) is 4.48 Å². The predicted molar refractivity (Wildman–Crippen MR) is 29.6 cm³/mol. The van der Waals surface area contributed by atoms with E-state index in [4.69, 9.17) is 10.2 Å². The molecule has 58 valence electrons. The molecule has 5 heteroatoms. The number of aliphatic carboxylic acids is 1. The van der Waals surface area contributed by atoms with E-state index < -0.39 is 11.7 Å². The highest BCUT2D eigenvalue weighted by molar-refractivity contribution is 5.76. The van der Waals surface area contributed by atoms with Crippen molar-refractivity contribution >= 4 is 5.97 Å². The molecule has 1 aliphatic heterocycles. The van der Waals surface area contributed by atoms with Gasteiger partial charge in [0.25, 0.3) is 0 Å². The lowest BCUT2D eigenvalue weighted by Crippen LogP contribution is -2.46. The number of nitrogens with zero attached hydrogens (tertiary/aromatic N) is 1. The Kier molecular flexibility index (Phi) is 1.61. The van der Waals surface area contributed by atoms with E-state index in [0.717, 1.165) is 0 Å². The van der Waals surface area contributed by atoms with Gasteiger partial charge < -0.3 is 10.2 Å². The zero-order valence-corrected chi connectivity index (χ0v) is 5.25. The van der Waals surface area contributed by atoms with Crippen LogP contribution >= 0.6 is 0 Å². The van der Waals surface area contributed by atoms with Gasteiger partial charge in [-0.05, 0) is 6.42 Å². The Morgan fingerprint density at radius 2 is 2.30 bits per heavy atom. The second kappa shape index (κ2) is 2.17. The molecule has 4 nitrogen and oxygen atoms in total. The first kappa shape index (κ1) is 7.43. The van der Waals surface area contributed by atoms with Crippen molar-refractivity contribution in [2.75, 3.05) is 6.54 Å². The number of hydrogen-bond acceptors (Lipinski definition) is 3. The molecule has 0 bridgehead atoms. The van der Waals surface area contributed by atoms with Crippen molar-refractivity contribution in [3.8, 4) is 0 Å². The van der Waals surface area contributed by atoms with Crippen LogP contribution in [0.25, 0.3) is 0 Å². The molecule has 2 N–H and O–H groups in total. The fourth-order valence-electron chi connectivity index (χ4n) is 0.981. The van der Waals surface area contributed by atoms with Crippen molar-refractivity contribution in [3.05, 3.63) is 0 Å². The first-order valence-electron chi connectivity index (χ1n) is 2.96. The minimum absolute atomic E-state index is 0.0111. The van der Waals surface area contributed by atoms with Crippen molar-refractivity contribution in [1.29, 1.82) is 0 Å². The quantitative estimate of drug-likeness (QED) is 0.504. The Bertz CT molecular complexity index is 163. The maximum Gasteiger partial charge on any atom is 0.353 e. The number of carboxylic acid groups (broad SMARTS) is 1. The van der Waals surface area contributed by atoms with E-state index >= 15 is 0 Å². The van der Waals surface area contributed by atoms with Crippen LogP contribution in [0.2, 0.25) is 0 Å². The Hall–Kier alpha value is -0.680. The minimum atomic E-state index is -2.26. The van der Waals surface area contributed by atoms with E-state index in [-0.39, 0.29) is 18.1 Å². The van der Waals surface area contributed by atoms with Crippen molar-refractivity contribution < 1.29 is 19.5 Å². The van der Waals surface area contributed by atoms with Gasteiger partial charge >= 0.3 is 5.97 Å². The molecule has 1 fully saturated rings. The highest BCUT2D eigenvalue weighted by Crippen LogP contribution is 2.26. The second-order valence-corrected chi connectivity index (χ2v) is 2.31. The van der Waals surface area contributed by atoms with Gasteiger partial charge in [-0.25, -0.2) is 4.79 Å². The molecule has 10 heavy (non-hydrogen) atoms. The lowest BCUT2D eigenvalue weighted by molar-refractivity contribution is -0.207. The lowest BCUT2D eigenvalue weighted by Gasteiger charge is -2.20. The molecule has 0 aromatic rings. The maximum absolute atomic E-state index is 12.4. The summed E-state index contributed by atoms with van der Waals surface area (Å²) in [4.78, 5) is 10.2. The summed E-state index contributed by atoms with van der Waals surface area (Å²) in [6.45, 7) is -0.0111. The number of carboxylic acids is 1. The maximum atomic E-state index is 12.4. The number of halogens is 1. The van der Waals surface area contributed by atoms with E-state index in [1.807, 2.05) is 0 Å². The number of hydrogen-bond donors (Lipinski definition) is 2. The summed E-state index contributed by atoms with van der Waals surface area (Å²) in [6, 6.07) is 0. The molecule has 1 saturated heterocycles. The minimum Gasteiger partial charge on any atom is -0.478 e. The summed E-state index contributed by atoms with van der Waals surface area (Å²) in [5, 5.41) is 17.3. The highest BCUT2D eigenvalue weighted by Gasteiger charge is 2.47. The van der Waals surface area contributed by atoms with E-state index in [1.54, 1.807) is 0 Å². The molecule has 0 aliphatic carbocycles. The number of rotatable bonds is 1. The van der Waals surface area contributed by atoms with Crippen LogP contribution in [0.15, 0.2) is 0 Å². The summed E-state index contributed by atoms with van der Waals surface area (Å²) in [7, 11) is 0. The van der Waals surface area contributed by atoms with Crippen LogP contribution in [0.3, 0.4) is 0 Å². The Morgan fingerprint density at radius 3 is 2.50 bits per heavy atom. The summed E-state index contributed by atoms with van der Waals surface area (Å²) in [6.07, 6.45) is 0.331. The third-order valence-corrected chi connectivity index (χ3v) is 1.62. The summed E-state index contributed by atoms with van der Waals surface area (Å²) in [5.41, 5.74) is -2.26. The zero-order chi connectivity index (χ0) is 7.78. The molecule has 1 atom stereocenters. The zero-order valence-electron chi connectivity index (χ0n) is 5.25. The van der Waals surface area contributed by atoms with Crippen LogP contribution in [0.1, 0.15) is 12.8 Å². The molecule has 0 aromatic carbocycles. The topological polar surface area (TPSA) is 60.8 Å². The van der Waals surface area contributed by atoms with Crippen LogP contribution in [0.5, 0.6) is 0 Å². The van der Waals surface area contributed by atoms with Crippen LogP contribution in [-0.4, -0.2) is 33.6 Å². The van der Waals surface area contributed by atoms with Gasteiger partial charge in [-0.15, -0.1) is 9.60 Å². The first-order chi connectivity index (χ1) is 4.57. The number of carbonyl (C=O) groups is 1. The van der Waals surface area contributed by atoms with E-state index in [0.29, 0.717) is 6.42 Å². The normalized spacial score (nSPS) is 34.6. The van der Waals surface area contributed by atoms with Crippen LogP contribution in [-0.2, 0) is 4.79 Å². The van der Waals surface area contributed by atoms with Gasteiger partial charge in [0.2, 0.25) is 5.72 Å². The molecule has 0 radical (unpaired) electrons. The molecule has 0 spiro atoms. The fourth-order valence-corrected chi connectivity index (χ4v) is 0.981. The third-order valence-electron chi connectivity index (χ3n) is 1.62. The number of aliphatic hydroxyl groups is 1. The molecule has 0 amide bonds. The van der Waals surface area contributed by atoms with E-state index in [2.05, 4.69) is 0 Å². The molecule has 0 saturated carbocycles. The summed E-state index contributed by atoms with van der Waals surface area (Å²) in [5.74, 6) is -1.52. The predicted octanol–water partition coefficient (Wildman–Crippen LogP) is -0.260. The molecule has 0 aromatic heterocycles. The Morgan fingerprint density at radius 1 is 1.70 bits per heavy atom. The summed E-state index contributed by atoms with van der Waals surface area (Å²) < 4.78 is 12.4. The van der Waals surface area contributed by atoms with Gasteiger partial charge in [-0.1, -0.05) is 0 Å². The average Bonchev–Trinajstić information content (AvgIpc) is 2.15. The van der Waals surface area contributed by atoms with Crippen molar-refractivity contribution in [2.45, 2.75) is 18.6 Å². The van der Waals surface area contributed by atoms with Crippen LogP contribution < -0.4 is 0 Å². The molecule has 1 rings (SSSR count).